The van der Waals surface area contributed by atoms with Gasteiger partial charge in [-0.15, -0.1) is 0 Å². The molecule has 2 rings (SSSR count). The number of benzene rings is 1. The molecule has 18 heavy (non-hydrogen) atoms. The van der Waals surface area contributed by atoms with Gasteiger partial charge in [-0.05, 0) is 37.1 Å². The average Bonchev–Trinajstić information content (AvgIpc) is 2.74. The summed E-state index contributed by atoms with van der Waals surface area (Å²) in [5.74, 6) is 0.946. The largest absolute Gasteiger partial charge is 0.493 e. The molecule has 100 valence electrons. The van der Waals surface area contributed by atoms with Crippen molar-refractivity contribution < 1.29 is 14.6 Å². The third-order valence-electron chi connectivity index (χ3n) is 2.90. The molecule has 0 fully saturated rings. The van der Waals surface area contributed by atoms with Crippen molar-refractivity contribution in [1.82, 2.24) is 0 Å². The average molecular weight is 315 g/mol. The Morgan fingerprint density at radius 1 is 1.44 bits per heavy atom. The zero-order valence-electron chi connectivity index (χ0n) is 10.8. The van der Waals surface area contributed by atoms with Crippen LogP contribution in [0.5, 0.6) is 5.75 Å². The van der Waals surface area contributed by atoms with Gasteiger partial charge in [0, 0.05) is 17.3 Å². The molecule has 3 nitrogen and oxygen atoms in total. The van der Waals surface area contributed by atoms with E-state index >= 15 is 0 Å². The first kappa shape index (κ1) is 13.8. The number of halogens is 1. The fourth-order valence-corrected chi connectivity index (χ4v) is 2.67. The highest BCUT2D eigenvalue weighted by atomic mass is 79.9. The van der Waals surface area contributed by atoms with Crippen LogP contribution in [0.3, 0.4) is 0 Å². The molecule has 4 heteroatoms. The summed E-state index contributed by atoms with van der Waals surface area (Å²) in [7, 11) is 0. The quantitative estimate of drug-likeness (QED) is 0.908. The van der Waals surface area contributed by atoms with E-state index in [0.717, 1.165) is 28.8 Å². The highest BCUT2D eigenvalue weighted by Crippen LogP contribution is 2.33. The Balaban J connectivity index is 2.05. The van der Waals surface area contributed by atoms with Gasteiger partial charge in [0.25, 0.3) is 0 Å². The smallest absolute Gasteiger partial charge is 0.125 e. The van der Waals surface area contributed by atoms with Crippen molar-refractivity contribution >= 4 is 15.9 Å². The van der Waals surface area contributed by atoms with E-state index in [-0.39, 0.29) is 6.10 Å². The second-order valence-corrected chi connectivity index (χ2v) is 5.81. The summed E-state index contributed by atoms with van der Waals surface area (Å²) in [6, 6.07) is 4.10. The summed E-state index contributed by atoms with van der Waals surface area (Å²) < 4.78 is 12.1. The third-order valence-corrected chi connectivity index (χ3v) is 3.36. The standard InChI is InChI=1S/C14H19BrO3/c1-9(2)18-8-13(16)7-11-6-12(15)5-10-3-4-17-14(10)11/h5-6,9,13,16H,3-4,7-8H2,1-2H3. The molecular weight excluding hydrogens is 296 g/mol. The molecule has 1 aliphatic heterocycles. The van der Waals surface area contributed by atoms with E-state index in [1.54, 1.807) is 0 Å². The summed E-state index contributed by atoms with van der Waals surface area (Å²) in [5, 5.41) is 9.98. The predicted octanol–water partition coefficient (Wildman–Crippen LogP) is 2.71. The SMILES string of the molecule is CC(C)OCC(O)Cc1cc(Br)cc2c1OCC2. The molecule has 0 spiro atoms. The van der Waals surface area contributed by atoms with E-state index in [9.17, 15) is 5.11 Å². The lowest BCUT2D eigenvalue weighted by molar-refractivity contribution is 0.00603. The maximum absolute atomic E-state index is 9.98. The maximum atomic E-state index is 9.98. The Morgan fingerprint density at radius 3 is 2.94 bits per heavy atom. The van der Waals surface area contributed by atoms with Crippen LogP contribution in [0.25, 0.3) is 0 Å². The van der Waals surface area contributed by atoms with Gasteiger partial charge >= 0.3 is 0 Å². The van der Waals surface area contributed by atoms with Crippen molar-refractivity contribution in [2.75, 3.05) is 13.2 Å². The number of aliphatic hydroxyl groups excluding tert-OH is 1. The number of aliphatic hydroxyl groups is 1. The second kappa shape index (κ2) is 6.04. The van der Waals surface area contributed by atoms with Gasteiger partial charge in [-0.3, -0.25) is 0 Å². The number of hydrogen-bond donors (Lipinski definition) is 1. The number of rotatable bonds is 5. The summed E-state index contributed by atoms with van der Waals surface area (Å²) in [6.07, 6.45) is 1.16. The Bertz CT molecular complexity index is 418. The number of ether oxygens (including phenoxy) is 2. The van der Waals surface area contributed by atoms with Crippen LogP contribution in [0.15, 0.2) is 16.6 Å². The van der Waals surface area contributed by atoms with E-state index in [0.29, 0.717) is 13.0 Å². The molecule has 1 N–H and O–H groups in total. The minimum absolute atomic E-state index is 0.143. The van der Waals surface area contributed by atoms with Crippen LogP contribution in [0, 0.1) is 0 Å². The minimum atomic E-state index is -0.491. The summed E-state index contributed by atoms with van der Waals surface area (Å²) in [4.78, 5) is 0. The topological polar surface area (TPSA) is 38.7 Å². The first-order valence-corrected chi connectivity index (χ1v) is 7.09. The van der Waals surface area contributed by atoms with Gasteiger partial charge < -0.3 is 14.6 Å². The molecular formula is C14H19BrO3. The Labute approximate surface area is 116 Å². The monoisotopic (exact) mass is 314 g/mol. The van der Waals surface area contributed by atoms with Crippen LogP contribution in [0.2, 0.25) is 0 Å². The van der Waals surface area contributed by atoms with E-state index in [2.05, 4.69) is 22.0 Å². The van der Waals surface area contributed by atoms with Crippen molar-refractivity contribution in [3.05, 3.63) is 27.7 Å². The highest BCUT2D eigenvalue weighted by molar-refractivity contribution is 9.10. The molecule has 0 amide bonds. The maximum Gasteiger partial charge on any atom is 0.125 e. The van der Waals surface area contributed by atoms with Gasteiger partial charge in [0.1, 0.15) is 5.75 Å². The van der Waals surface area contributed by atoms with E-state index in [1.807, 2.05) is 19.9 Å². The van der Waals surface area contributed by atoms with Crippen molar-refractivity contribution in [2.45, 2.75) is 38.9 Å². The molecule has 0 bridgehead atoms. The lowest BCUT2D eigenvalue weighted by Crippen LogP contribution is -2.21. The molecule has 1 aliphatic rings. The van der Waals surface area contributed by atoms with Gasteiger partial charge in [-0.2, -0.15) is 0 Å². The fraction of sp³-hybridized carbons (Fsp3) is 0.571. The third kappa shape index (κ3) is 3.46. The van der Waals surface area contributed by atoms with Crippen molar-refractivity contribution in [3.63, 3.8) is 0 Å². The molecule has 0 saturated carbocycles. The van der Waals surface area contributed by atoms with Gasteiger partial charge in [0.15, 0.2) is 0 Å². The molecule has 1 aromatic carbocycles. The van der Waals surface area contributed by atoms with Crippen LogP contribution in [-0.2, 0) is 17.6 Å². The van der Waals surface area contributed by atoms with Crippen LogP contribution in [0.1, 0.15) is 25.0 Å². The Kier molecular flexibility index (Phi) is 4.65. The summed E-state index contributed by atoms with van der Waals surface area (Å²) in [6.45, 7) is 5.02. The highest BCUT2D eigenvalue weighted by Gasteiger charge is 2.19. The zero-order chi connectivity index (χ0) is 13.1. The van der Waals surface area contributed by atoms with Crippen molar-refractivity contribution in [1.29, 1.82) is 0 Å². The van der Waals surface area contributed by atoms with E-state index in [4.69, 9.17) is 9.47 Å². The van der Waals surface area contributed by atoms with Crippen LogP contribution in [-0.4, -0.2) is 30.5 Å². The first-order valence-electron chi connectivity index (χ1n) is 6.30. The normalized spacial score (nSPS) is 15.6. The fourth-order valence-electron chi connectivity index (χ4n) is 2.11. The second-order valence-electron chi connectivity index (χ2n) is 4.89. The Hall–Kier alpha value is -0.580. The molecule has 0 radical (unpaired) electrons. The molecule has 0 aromatic heterocycles. The minimum Gasteiger partial charge on any atom is -0.493 e. The molecule has 1 aromatic rings. The lowest BCUT2D eigenvalue weighted by atomic mass is 10.0. The Morgan fingerprint density at radius 2 is 2.22 bits per heavy atom. The van der Waals surface area contributed by atoms with Gasteiger partial charge in [-0.1, -0.05) is 15.9 Å². The number of fused-ring (bicyclic) bond motifs is 1. The van der Waals surface area contributed by atoms with Gasteiger partial charge in [-0.25, -0.2) is 0 Å². The van der Waals surface area contributed by atoms with Crippen molar-refractivity contribution in [3.8, 4) is 5.75 Å². The van der Waals surface area contributed by atoms with Crippen LogP contribution < -0.4 is 4.74 Å². The summed E-state index contributed by atoms with van der Waals surface area (Å²) >= 11 is 3.50. The predicted molar refractivity (Wildman–Crippen MR) is 74.1 cm³/mol. The molecule has 0 saturated heterocycles. The molecule has 1 unspecified atom stereocenters. The number of hydrogen-bond acceptors (Lipinski definition) is 3. The zero-order valence-corrected chi connectivity index (χ0v) is 12.4. The molecule has 0 aliphatic carbocycles. The van der Waals surface area contributed by atoms with Crippen molar-refractivity contribution in [2.24, 2.45) is 0 Å². The van der Waals surface area contributed by atoms with Gasteiger partial charge in [0.05, 0.1) is 25.4 Å². The first-order chi connectivity index (χ1) is 8.56. The summed E-state index contributed by atoms with van der Waals surface area (Å²) in [5.41, 5.74) is 2.27. The van der Waals surface area contributed by atoms with E-state index in [1.165, 1.54) is 5.56 Å². The lowest BCUT2D eigenvalue weighted by Gasteiger charge is -2.15. The van der Waals surface area contributed by atoms with Gasteiger partial charge in [0.2, 0.25) is 0 Å². The van der Waals surface area contributed by atoms with Crippen LogP contribution in [0.4, 0.5) is 0 Å². The van der Waals surface area contributed by atoms with E-state index < -0.39 is 6.10 Å². The van der Waals surface area contributed by atoms with Crippen LogP contribution >= 0.6 is 15.9 Å². The molecule has 1 heterocycles. The molecule has 1 atom stereocenters.